The average molecular weight is 429 g/mol. The monoisotopic (exact) mass is 428 g/mol. The van der Waals surface area contributed by atoms with E-state index < -0.39 is 17.8 Å². The molecule has 1 N–H and O–H groups in total. The molecule has 0 unspecified atom stereocenters. The number of ether oxygens (including phenoxy) is 2. The molecule has 1 heterocycles. The molecule has 2 aromatic rings. The molecule has 7 nitrogen and oxygen atoms in total. The Morgan fingerprint density at radius 3 is 2.43 bits per heavy atom. The maximum absolute atomic E-state index is 12.9. The Bertz CT molecular complexity index is 1030. The van der Waals surface area contributed by atoms with Crippen molar-refractivity contribution in [2.24, 2.45) is 0 Å². The topological polar surface area (TPSA) is 84.9 Å². The van der Waals surface area contributed by atoms with E-state index in [1.165, 1.54) is 31.4 Å². The van der Waals surface area contributed by atoms with Gasteiger partial charge in [0.15, 0.2) is 0 Å². The molecule has 3 rings (SSSR count). The van der Waals surface area contributed by atoms with Gasteiger partial charge in [-0.3, -0.25) is 9.59 Å². The first kappa shape index (κ1) is 21.4. The molecule has 0 saturated carbocycles. The van der Waals surface area contributed by atoms with E-state index in [2.05, 4.69) is 5.32 Å². The third kappa shape index (κ3) is 4.16. The lowest BCUT2D eigenvalue weighted by Gasteiger charge is -2.16. The van der Waals surface area contributed by atoms with Gasteiger partial charge < -0.3 is 14.8 Å². The summed E-state index contributed by atoms with van der Waals surface area (Å²) in [5.74, 6) is -1.22. The second kappa shape index (κ2) is 9.00. The van der Waals surface area contributed by atoms with Crippen LogP contribution in [0.4, 0.5) is 11.4 Å². The molecule has 8 heteroatoms. The molecule has 0 aliphatic carbocycles. The number of benzene rings is 2. The summed E-state index contributed by atoms with van der Waals surface area (Å²) < 4.78 is 10.4. The summed E-state index contributed by atoms with van der Waals surface area (Å²) in [6.45, 7) is 4.11. The minimum atomic E-state index is -0.655. The van der Waals surface area contributed by atoms with Crippen LogP contribution in [0.2, 0.25) is 0 Å². The minimum absolute atomic E-state index is 0.0444. The lowest BCUT2D eigenvalue weighted by molar-refractivity contribution is -0.120. The lowest BCUT2D eigenvalue weighted by atomic mass is 10.2. The Hall–Kier alpha value is -3.32. The van der Waals surface area contributed by atoms with Crippen LogP contribution in [0.25, 0.3) is 0 Å². The van der Waals surface area contributed by atoms with Gasteiger partial charge in [-0.25, -0.2) is 9.69 Å². The normalized spacial score (nSPS) is 13.7. The van der Waals surface area contributed by atoms with Crippen LogP contribution in [0.1, 0.15) is 29.3 Å². The van der Waals surface area contributed by atoms with Crippen molar-refractivity contribution in [2.45, 2.75) is 20.3 Å². The number of rotatable bonds is 7. The van der Waals surface area contributed by atoms with Gasteiger partial charge >= 0.3 is 5.97 Å². The number of carbonyl (C=O) groups is 3. The molecule has 156 valence electrons. The Balaban J connectivity index is 1.84. The highest BCUT2D eigenvalue weighted by Crippen LogP contribution is 2.33. The number of nitrogens with zero attached hydrogens (tertiary/aromatic N) is 1. The van der Waals surface area contributed by atoms with Crippen molar-refractivity contribution >= 4 is 40.8 Å². The Kier molecular flexibility index (Phi) is 6.42. The van der Waals surface area contributed by atoms with Crippen LogP contribution in [0, 0.1) is 6.92 Å². The van der Waals surface area contributed by atoms with Crippen molar-refractivity contribution in [1.82, 2.24) is 0 Å². The number of esters is 1. The number of halogens is 1. The third-order valence-electron chi connectivity index (χ3n) is 4.44. The fourth-order valence-electron chi connectivity index (χ4n) is 2.92. The maximum atomic E-state index is 12.9. The molecule has 0 bridgehead atoms. The lowest BCUT2D eigenvalue weighted by Crippen LogP contribution is -2.32. The van der Waals surface area contributed by atoms with Gasteiger partial charge in [0.25, 0.3) is 11.8 Å². The zero-order valence-corrected chi connectivity index (χ0v) is 17.6. The smallest absolute Gasteiger partial charge is 0.338 e. The quantitative estimate of drug-likeness (QED) is 0.530. The first-order valence-corrected chi connectivity index (χ1v) is 9.72. The predicted octanol–water partition coefficient (Wildman–Crippen LogP) is 4.01. The number of methoxy groups -OCH3 is 1. The summed E-state index contributed by atoms with van der Waals surface area (Å²) in [4.78, 5) is 38.5. The van der Waals surface area contributed by atoms with Gasteiger partial charge in [0, 0.05) is 0 Å². The average Bonchev–Trinajstić information content (AvgIpc) is 2.95. The summed E-state index contributed by atoms with van der Waals surface area (Å²) in [5.41, 5.74) is 2.03. The van der Waals surface area contributed by atoms with E-state index >= 15 is 0 Å². The second-order valence-corrected chi connectivity index (χ2v) is 7.02. The van der Waals surface area contributed by atoms with Gasteiger partial charge in [-0.2, -0.15) is 0 Å². The number of hydrogen-bond acceptors (Lipinski definition) is 6. The molecule has 2 aromatic carbocycles. The standard InChI is InChI=1S/C22H21ClN2O5/c1-4-11-30-22(28)14-6-8-15(9-7-14)25-20(26)18(23)19(21(25)27)24-16-12-13(2)5-10-17(16)29-3/h5-10,12,24H,4,11H2,1-3H3. The highest BCUT2D eigenvalue weighted by atomic mass is 35.5. The fraction of sp³-hybridized carbons (Fsp3) is 0.227. The molecule has 2 amide bonds. The SMILES string of the molecule is CCCOC(=O)c1ccc(N2C(=O)C(Cl)=C(Nc3cc(C)ccc3OC)C2=O)cc1. The molecular formula is C22H21ClN2O5. The number of anilines is 2. The minimum Gasteiger partial charge on any atom is -0.495 e. The van der Waals surface area contributed by atoms with Crippen molar-refractivity contribution in [1.29, 1.82) is 0 Å². The van der Waals surface area contributed by atoms with Crippen LogP contribution in [0.15, 0.2) is 53.2 Å². The first-order chi connectivity index (χ1) is 14.4. The molecule has 1 aliphatic rings. The number of aryl methyl sites for hydroxylation is 1. The van der Waals surface area contributed by atoms with Crippen molar-refractivity contribution in [2.75, 3.05) is 23.9 Å². The number of imide groups is 1. The van der Waals surface area contributed by atoms with Crippen LogP contribution < -0.4 is 15.0 Å². The molecule has 0 atom stereocenters. The second-order valence-electron chi connectivity index (χ2n) is 6.65. The van der Waals surface area contributed by atoms with E-state index in [-0.39, 0.29) is 10.7 Å². The Morgan fingerprint density at radius 2 is 1.80 bits per heavy atom. The first-order valence-electron chi connectivity index (χ1n) is 9.34. The van der Waals surface area contributed by atoms with Gasteiger partial charge in [0.05, 0.1) is 30.7 Å². The zero-order valence-electron chi connectivity index (χ0n) is 16.8. The van der Waals surface area contributed by atoms with E-state index in [0.717, 1.165) is 10.5 Å². The molecule has 0 radical (unpaired) electrons. The van der Waals surface area contributed by atoms with E-state index in [1.54, 1.807) is 12.1 Å². The zero-order chi connectivity index (χ0) is 21.8. The molecular weight excluding hydrogens is 408 g/mol. The van der Waals surface area contributed by atoms with Gasteiger partial charge in [-0.15, -0.1) is 0 Å². The van der Waals surface area contributed by atoms with Crippen LogP contribution in [-0.2, 0) is 14.3 Å². The third-order valence-corrected chi connectivity index (χ3v) is 4.79. The summed E-state index contributed by atoms with van der Waals surface area (Å²) in [5, 5.41) is 2.69. The van der Waals surface area contributed by atoms with Crippen molar-refractivity contribution < 1.29 is 23.9 Å². The number of carbonyl (C=O) groups excluding carboxylic acids is 3. The molecule has 0 aromatic heterocycles. The van der Waals surface area contributed by atoms with E-state index in [0.29, 0.717) is 35.7 Å². The van der Waals surface area contributed by atoms with Crippen LogP contribution >= 0.6 is 11.6 Å². The Morgan fingerprint density at radius 1 is 1.10 bits per heavy atom. The maximum Gasteiger partial charge on any atom is 0.338 e. The number of nitrogens with one attached hydrogen (secondary N) is 1. The molecule has 0 saturated heterocycles. The fourth-order valence-corrected chi connectivity index (χ4v) is 3.14. The number of amides is 2. The van der Waals surface area contributed by atoms with Gasteiger partial charge in [0.2, 0.25) is 0 Å². The van der Waals surface area contributed by atoms with Crippen LogP contribution in [0.3, 0.4) is 0 Å². The molecule has 0 fully saturated rings. The highest BCUT2D eigenvalue weighted by molar-refractivity contribution is 6.53. The Labute approximate surface area is 179 Å². The molecule has 1 aliphatic heterocycles. The predicted molar refractivity (Wildman–Crippen MR) is 114 cm³/mol. The van der Waals surface area contributed by atoms with E-state index in [4.69, 9.17) is 21.1 Å². The highest BCUT2D eigenvalue weighted by Gasteiger charge is 2.39. The van der Waals surface area contributed by atoms with Gasteiger partial charge in [-0.1, -0.05) is 24.6 Å². The van der Waals surface area contributed by atoms with E-state index in [1.807, 2.05) is 19.9 Å². The van der Waals surface area contributed by atoms with Crippen molar-refractivity contribution in [3.05, 3.63) is 64.3 Å². The van der Waals surface area contributed by atoms with Gasteiger partial charge in [-0.05, 0) is 55.3 Å². The molecule has 30 heavy (non-hydrogen) atoms. The van der Waals surface area contributed by atoms with Crippen LogP contribution in [-0.4, -0.2) is 31.5 Å². The summed E-state index contributed by atoms with van der Waals surface area (Å²) >= 11 is 6.18. The van der Waals surface area contributed by atoms with Crippen LogP contribution in [0.5, 0.6) is 5.75 Å². The van der Waals surface area contributed by atoms with Crippen molar-refractivity contribution in [3.63, 3.8) is 0 Å². The largest absolute Gasteiger partial charge is 0.495 e. The van der Waals surface area contributed by atoms with Gasteiger partial charge in [0.1, 0.15) is 16.5 Å². The van der Waals surface area contributed by atoms with E-state index in [9.17, 15) is 14.4 Å². The summed E-state index contributed by atoms with van der Waals surface area (Å²) in [6.07, 6.45) is 0.715. The summed E-state index contributed by atoms with van der Waals surface area (Å²) in [7, 11) is 1.51. The molecule has 0 spiro atoms. The number of hydrogen-bond donors (Lipinski definition) is 1. The summed E-state index contributed by atoms with van der Waals surface area (Å²) in [6, 6.07) is 11.4. The van der Waals surface area contributed by atoms with Crippen molar-refractivity contribution in [3.8, 4) is 5.75 Å².